The molecule has 1 aliphatic rings. The van der Waals surface area contributed by atoms with E-state index in [2.05, 4.69) is 11.9 Å². The highest BCUT2D eigenvalue weighted by Crippen LogP contribution is 2.30. The molecule has 15 heavy (non-hydrogen) atoms. The fraction of sp³-hybridized carbons (Fsp3) is 0.538. The van der Waals surface area contributed by atoms with E-state index < -0.39 is 0 Å². The molecule has 2 rings (SSSR count). The monoisotopic (exact) mass is 202 g/mol. The maximum Gasteiger partial charge on any atom is 0.0808 e. The lowest BCUT2D eigenvalue weighted by atomic mass is 9.84. The van der Waals surface area contributed by atoms with Crippen LogP contribution in [0.2, 0.25) is 0 Å². The van der Waals surface area contributed by atoms with Gasteiger partial charge in [0.15, 0.2) is 0 Å². The van der Waals surface area contributed by atoms with Crippen molar-refractivity contribution in [2.45, 2.75) is 44.6 Å². The Balaban J connectivity index is 2.04. The predicted molar refractivity (Wildman–Crippen MR) is 63.3 cm³/mol. The van der Waals surface area contributed by atoms with Crippen molar-refractivity contribution in [2.75, 3.05) is 0 Å². The van der Waals surface area contributed by atoms with Crippen LogP contribution < -0.4 is 0 Å². The van der Waals surface area contributed by atoms with E-state index in [0.717, 1.165) is 5.69 Å². The van der Waals surface area contributed by atoms with Gasteiger partial charge in [0.05, 0.1) is 11.2 Å². The van der Waals surface area contributed by atoms with Crippen molar-refractivity contribution in [3.8, 4) is 0 Å². The molecule has 1 fully saturated rings. The average molecular weight is 202 g/mol. The summed E-state index contributed by atoms with van der Waals surface area (Å²) in [5.41, 5.74) is 1.12. The van der Waals surface area contributed by atoms with Gasteiger partial charge in [-0.1, -0.05) is 25.3 Å². The van der Waals surface area contributed by atoms with Crippen LogP contribution in [0.5, 0.6) is 0 Å². The van der Waals surface area contributed by atoms with Gasteiger partial charge in [-0.15, -0.1) is 0 Å². The zero-order chi connectivity index (χ0) is 10.6. The minimum absolute atomic E-state index is 0.162. The van der Waals surface area contributed by atoms with E-state index in [-0.39, 0.29) is 5.54 Å². The lowest BCUT2D eigenvalue weighted by Crippen LogP contribution is -2.25. The van der Waals surface area contributed by atoms with E-state index in [9.17, 15) is 0 Å². The Morgan fingerprint density at radius 3 is 2.73 bits per heavy atom. The highest BCUT2D eigenvalue weighted by molar-refractivity contribution is 5.77. The summed E-state index contributed by atoms with van der Waals surface area (Å²) in [6, 6.07) is 5.92. The van der Waals surface area contributed by atoms with Gasteiger partial charge in [-0.2, -0.15) is 0 Å². The zero-order valence-electron chi connectivity index (χ0n) is 9.32. The second-order valence-corrected chi connectivity index (χ2v) is 4.57. The molecule has 0 atom stereocenters. The molecule has 80 valence electrons. The van der Waals surface area contributed by atoms with Gasteiger partial charge in [0.25, 0.3) is 0 Å². The number of rotatable bonds is 2. The number of aliphatic imine (C=N–C) groups is 1. The number of aromatic nitrogens is 1. The van der Waals surface area contributed by atoms with Crippen LogP contribution in [0.25, 0.3) is 0 Å². The Labute approximate surface area is 91.5 Å². The molecule has 1 aromatic heterocycles. The summed E-state index contributed by atoms with van der Waals surface area (Å²) in [5.74, 6) is 0. The molecule has 2 nitrogen and oxygen atoms in total. The minimum atomic E-state index is 0.162. The molecule has 0 N–H and O–H groups in total. The molecular weight excluding hydrogens is 184 g/mol. The second kappa shape index (κ2) is 4.56. The van der Waals surface area contributed by atoms with Crippen LogP contribution in [0.4, 0.5) is 0 Å². The molecule has 2 heteroatoms. The lowest BCUT2D eigenvalue weighted by Gasteiger charge is -2.29. The van der Waals surface area contributed by atoms with E-state index in [1.165, 1.54) is 32.1 Å². The minimum Gasteiger partial charge on any atom is -0.285 e. The van der Waals surface area contributed by atoms with Gasteiger partial charge >= 0.3 is 0 Å². The average Bonchev–Trinajstić information content (AvgIpc) is 2.29. The van der Waals surface area contributed by atoms with Crippen LogP contribution >= 0.6 is 0 Å². The van der Waals surface area contributed by atoms with Crippen LogP contribution in [0, 0.1) is 0 Å². The quantitative estimate of drug-likeness (QED) is 0.676. The van der Waals surface area contributed by atoms with Gasteiger partial charge < -0.3 is 0 Å². The number of hydrogen-bond donors (Lipinski definition) is 0. The van der Waals surface area contributed by atoms with Crippen molar-refractivity contribution in [2.24, 2.45) is 4.99 Å². The first kappa shape index (κ1) is 10.3. The van der Waals surface area contributed by atoms with Crippen LogP contribution in [0.3, 0.4) is 0 Å². The third-order valence-electron chi connectivity index (χ3n) is 3.13. The fourth-order valence-corrected chi connectivity index (χ4v) is 2.12. The Bertz CT molecular complexity index is 324. The van der Waals surface area contributed by atoms with E-state index in [1.807, 2.05) is 30.6 Å². The summed E-state index contributed by atoms with van der Waals surface area (Å²) in [7, 11) is 0. The van der Waals surface area contributed by atoms with E-state index in [4.69, 9.17) is 4.99 Å². The van der Waals surface area contributed by atoms with Crippen LogP contribution in [-0.4, -0.2) is 16.7 Å². The van der Waals surface area contributed by atoms with Crippen LogP contribution in [0.15, 0.2) is 29.4 Å². The smallest absolute Gasteiger partial charge is 0.0808 e. The number of nitrogens with zero attached hydrogens (tertiary/aromatic N) is 2. The number of hydrogen-bond acceptors (Lipinski definition) is 2. The van der Waals surface area contributed by atoms with Gasteiger partial charge in [-0.25, -0.2) is 0 Å². The Morgan fingerprint density at radius 2 is 2.07 bits per heavy atom. The normalized spacial score (nSPS) is 20.6. The maximum absolute atomic E-state index is 4.70. The first-order valence-corrected chi connectivity index (χ1v) is 5.75. The standard InChI is InChI=1S/C13H18N2/c1-13(8-4-2-5-9-13)15-11-12-7-3-6-10-14-12/h3,6-7,10-11H,2,4-5,8-9H2,1H3/b15-11+. The van der Waals surface area contributed by atoms with E-state index >= 15 is 0 Å². The summed E-state index contributed by atoms with van der Waals surface area (Å²) in [4.78, 5) is 8.94. The summed E-state index contributed by atoms with van der Waals surface area (Å²) < 4.78 is 0. The molecule has 0 radical (unpaired) electrons. The topological polar surface area (TPSA) is 25.2 Å². The predicted octanol–water partition coefficient (Wildman–Crippen LogP) is 3.22. The van der Waals surface area contributed by atoms with Gasteiger partial charge in [-0.3, -0.25) is 9.98 Å². The molecular formula is C13H18N2. The Kier molecular flexibility index (Phi) is 3.14. The van der Waals surface area contributed by atoms with E-state index in [0.29, 0.717) is 0 Å². The van der Waals surface area contributed by atoms with Crippen molar-refractivity contribution in [3.63, 3.8) is 0 Å². The Hall–Kier alpha value is -1.18. The van der Waals surface area contributed by atoms with Gasteiger partial charge in [0.2, 0.25) is 0 Å². The van der Waals surface area contributed by atoms with Gasteiger partial charge in [-0.05, 0) is 31.9 Å². The van der Waals surface area contributed by atoms with Crippen molar-refractivity contribution in [3.05, 3.63) is 30.1 Å². The first-order chi connectivity index (χ1) is 7.29. The largest absolute Gasteiger partial charge is 0.285 e. The molecule has 0 unspecified atom stereocenters. The molecule has 0 amide bonds. The summed E-state index contributed by atoms with van der Waals surface area (Å²) in [6.07, 6.45) is 10.2. The van der Waals surface area contributed by atoms with Crippen LogP contribution in [-0.2, 0) is 0 Å². The molecule has 1 aliphatic carbocycles. The molecule has 1 aromatic rings. The highest BCUT2D eigenvalue weighted by Gasteiger charge is 2.24. The summed E-state index contributed by atoms with van der Waals surface area (Å²) in [5, 5.41) is 0. The lowest BCUT2D eigenvalue weighted by molar-refractivity contribution is 0.326. The van der Waals surface area contributed by atoms with Crippen molar-refractivity contribution in [1.29, 1.82) is 0 Å². The first-order valence-electron chi connectivity index (χ1n) is 5.75. The maximum atomic E-state index is 4.70. The highest BCUT2D eigenvalue weighted by atomic mass is 14.9. The Morgan fingerprint density at radius 1 is 1.27 bits per heavy atom. The third kappa shape index (κ3) is 2.88. The molecule has 0 aliphatic heterocycles. The molecule has 0 spiro atoms. The third-order valence-corrected chi connectivity index (χ3v) is 3.13. The van der Waals surface area contributed by atoms with Gasteiger partial charge in [0.1, 0.15) is 0 Å². The summed E-state index contributed by atoms with van der Waals surface area (Å²) in [6.45, 7) is 2.26. The van der Waals surface area contributed by atoms with Crippen molar-refractivity contribution in [1.82, 2.24) is 4.98 Å². The van der Waals surface area contributed by atoms with Crippen molar-refractivity contribution < 1.29 is 0 Å². The van der Waals surface area contributed by atoms with Crippen LogP contribution in [0.1, 0.15) is 44.7 Å². The second-order valence-electron chi connectivity index (χ2n) is 4.57. The van der Waals surface area contributed by atoms with E-state index in [1.54, 1.807) is 0 Å². The fourth-order valence-electron chi connectivity index (χ4n) is 2.12. The molecule has 0 aromatic carbocycles. The van der Waals surface area contributed by atoms with Crippen molar-refractivity contribution >= 4 is 6.21 Å². The van der Waals surface area contributed by atoms with Gasteiger partial charge in [0, 0.05) is 12.4 Å². The SMILES string of the molecule is CC1(/N=C/c2ccccn2)CCCCC1. The molecule has 1 saturated carbocycles. The summed E-state index contributed by atoms with van der Waals surface area (Å²) >= 11 is 0. The zero-order valence-corrected chi connectivity index (χ0v) is 9.32. The molecule has 0 saturated heterocycles. The number of pyridine rings is 1. The molecule has 1 heterocycles. The molecule has 0 bridgehead atoms.